The van der Waals surface area contributed by atoms with Crippen LogP contribution in [0.15, 0.2) is 12.1 Å². The Morgan fingerprint density at radius 3 is 1.71 bits per heavy atom. The number of H-pyrrole nitrogens is 2. The van der Waals surface area contributed by atoms with E-state index in [1.165, 1.54) is 33.9 Å². The summed E-state index contributed by atoms with van der Waals surface area (Å²) in [5, 5.41) is 0. The van der Waals surface area contributed by atoms with Crippen molar-refractivity contribution in [2.75, 3.05) is 0 Å². The minimum Gasteiger partial charge on any atom is -0.357 e. The number of hydrogen-bond acceptors (Lipinski definition) is 0. The van der Waals surface area contributed by atoms with E-state index in [2.05, 4.69) is 77.5 Å². The molecule has 0 unspecified atom stereocenters. The predicted octanol–water partition coefficient (Wildman–Crippen LogP) is 5.48. The first-order chi connectivity index (χ1) is 9.54. The number of hydrogen-bond donors (Lipinski definition) is 2. The summed E-state index contributed by atoms with van der Waals surface area (Å²) in [7, 11) is 0. The summed E-state index contributed by atoms with van der Waals surface area (Å²) < 4.78 is 0. The molecule has 2 N–H and O–H groups in total. The van der Waals surface area contributed by atoms with Crippen molar-refractivity contribution in [3.8, 4) is 11.4 Å². The number of aromatic nitrogens is 2. The number of aryl methyl sites for hydroxylation is 2. The van der Waals surface area contributed by atoms with E-state index < -0.39 is 0 Å². The van der Waals surface area contributed by atoms with Crippen LogP contribution in [0.25, 0.3) is 11.4 Å². The van der Waals surface area contributed by atoms with Crippen LogP contribution in [-0.4, -0.2) is 9.97 Å². The van der Waals surface area contributed by atoms with E-state index in [1.807, 2.05) is 0 Å². The fourth-order valence-electron chi connectivity index (χ4n) is 2.63. The molecule has 0 aliphatic rings. The van der Waals surface area contributed by atoms with E-state index in [0.29, 0.717) is 0 Å². The van der Waals surface area contributed by atoms with Gasteiger partial charge in [-0.25, -0.2) is 0 Å². The number of nitrogens with one attached hydrogen (secondary N) is 2. The highest BCUT2D eigenvalue weighted by molar-refractivity contribution is 5.65. The summed E-state index contributed by atoms with van der Waals surface area (Å²) in [6, 6.07) is 4.61. The van der Waals surface area contributed by atoms with Crippen LogP contribution >= 0.6 is 0 Å². The minimum absolute atomic E-state index is 0.148. The molecule has 0 fully saturated rings. The van der Waals surface area contributed by atoms with Gasteiger partial charge in [0.1, 0.15) is 0 Å². The van der Waals surface area contributed by atoms with Crippen molar-refractivity contribution in [2.45, 2.75) is 72.6 Å². The summed E-state index contributed by atoms with van der Waals surface area (Å²) in [4.78, 5) is 7.31. The molecule has 2 rings (SSSR count). The molecule has 0 spiro atoms. The molecule has 0 aliphatic heterocycles. The Bertz CT molecular complexity index is 628. The molecule has 2 heteroatoms. The summed E-state index contributed by atoms with van der Waals surface area (Å²) >= 11 is 0. The molecule has 2 aromatic heterocycles. The maximum Gasteiger partial charge on any atom is 0.0657 e. The van der Waals surface area contributed by atoms with Gasteiger partial charge in [-0.3, -0.25) is 0 Å². The topological polar surface area (TPSA) is 31.6 Å². The van der Waals surface area contributed by atoms with Crippen molar-refractivity contribution in [2.24, 2.45) is 0 Å². The third kappa shape index (κ3) is 3.09. The van der Waals surface area contributed by atoms with E-state index in [1.54, 1.807) is 0 Å². The average Bonchev–Trinajstić information content (AvgIpc) is 2.90. The molecule has 0 radical (unpaired) electrons. The fourth-order valence-corrected chi connectivity index (χ4v) is 2.63. The number of rotatable bonds is 2. The fraction of sp³-hybridized carbons (Fsp3) is 0.579. The summed E-state index contributed by atoms with van der Waals surface area (Å²) in [6.07, 6.45) is 1.05. The van der Waals surface area contributed by atoms with Gasteiger partial charge in [-0.15, -0.1) is 0 Å². The first-order valence-electron chi connectivity index (χ1n) is 7.97. The largest absolute Gasteiger partial charge is 0.357 e. The van der Waals surface area contributed by atoms with E-state index >= 15 is 0 Å². The second kappa shape index (κ2) is 5.08. The molecule has 2 nitrogen and oxygen atoms in total. The molecule has 0 saturated heterocycles. The lowest BCUT2D eigenvalue weighted by Gasteiger charge is -2.16. The molecular weight excluding hydrogens is 256 g/mol. The van der Waals surface area contributed by atoms with Gasteiger partial charge in [-0.05, 0) is 36.6 Å². The van der Waals surface area contributed by atoms with Crippen LogP contribution in [0.5, 0.6) is 0 Å². The molecule has 2 heterocycles. The second-order valence-corrected chi connectivity index (χ2v) is 8.18. The second-order valence-electron chi connectivity index (χ2n) is 8.18. The zero-order valence-corrected chi connectivity index (χ0v) is 14.9. The lowest BCUT2D eigenvalue weighted by molar-refractivity contribution is 0.571. The van der Waals surface area contributed by atoms with Gasteiger partial charge >= 0.3 is 0 Å². The van der Waals surface area contributed by atoms with Crippen molar-refractivity contribution in [3.05, 3.63) is 34.6 Å². The van der Waals surface area contributed by atoms with Crippen molar-refractivity contribution in [3.63, 3.8) is 0 Å². The minimum atomic E-state index is 0.148. The van der Waals surface area contributed by atoms with Gasteiger partial charge in [0, 0.05) is 22.2 Å². The van der Waals surface area contributed by atoms with Crippen LogP contribution in [0.3, 0.4) is 0 Å². The van der Waals surface area contributed by atoms with Crippen LogP contribution in [-0.2, 0) is 17.3 Å². The number of aromatic amines is 2. The first kappa shape index (κ1) is 15.9. The molecule has 0 aromatic carbocycles. The predicted molar refractivity (Wildman–Crippen MR) is 92.1 cm³/mol. The van der Waals surface area contributed by atoms with Crippen molar-refractivity contribution < 1.29 is 0 Å². The van der Waals surface area contributed by atoms with Crippen LogP contribution in [0.4, 0.5) is 0 Å². The molecule has 0 aliphatic carbocycles. The van der Waals surface area contributed by atoms with E-state index in [9.17, 15) is 0 Å². The van der Waals surface area contributed by atoms with E-state index in [4.69, 9.17) is 0 Å². The van der Waals surface area contributed by atoms with E-state index in [-0.39, 0.29) is 10.8 Å². The Balaban J connectivity index is 2.57. The molecule has 0 saturated carbocycles. The smallest absolute Gasteiger partial charge is 0.0657 e. The SMILES string of the molecule is CCc1cc(C(C)(C)C)[nH]c1-c1[nH]c(C(C)(C)C)cc1C. The molecule has 0 atom stereocenters. The highest BCUT2D eigenvalue weighted by Crippen LogP contribution is 2.33. The summed E-state index contributed by atoms with van der Waals surface area (Å²) in [6.45, 7) is 17.9. The standard InChI is InChI=1S/C19H30N2/c1-9-13-11-15(19(6,7)8)21-17(13)16-12(2)10-14(20-16)18(3,4)5/h10-11,20-21H,9H2,1-8H3. The Morgan fingerprint density at radius 2 is 1.29 bits per heavy atom. The van der Waals surface area contributed by atoms with Crippen molar-refractivity contribution >= 4 is 0 Å². The molecule has 116 valence electrons. The van der Waals surface area contributed by atoms with Gasteiger partial charge in [0.2, 0.25) is 0 Å². The first-order valence-corrected chi connectivity index (χ1v) is 7.97. The Hall–Kier alpha value is -1.44. The molecular formula is C19H30N2. The Kier molecular flexibility index (Phi) is 3.86. The summed E-state index contributed by atoms with van der Waals surface area (Å²) in [5.41, 5.74) is 8.11. The zero-order valence-electron chi connectivity index (χ0n) is 14.9. The third-order valence-electron chi connectivity index (χ3n) is 4.16. The maximum absolute atomic E-state index is 3.66. The molecule has 21 heavy (non-hydrogen) atoms. The Morgan fingerprint density at radius 1 is 0.810 bits per heavy atom. The highest BCUT2D eigenvalue weighted by atomic mass is 14.8. The monoisotopic (exact) mass is 286 g/mol. The third-order valence-corrected chi connectivity index (χ3v) is 4.16. The summed E-state index contributed by atoms with van der Waals surface area (Å²) in [5.74, 6) is 0. The van der Waals surface area contributed by atoms with Crippen LogP contribution in [0.2, 0.25) is 0 Å². The Labute approximate surface area is 129 Å². The molecule has 0 amide bonds. The normalized spacial score (nSPS) is 13.0. The van der Waals surface area contributed by atoms with Crippen molar-refractivity contribution in [1.29, 1.82) is 0 Å². The van der Waals surface area contributed by atoms with Crippen LogP contribution in [0, 0.1) is 6.92 Å². The maximum atomic E-state index is 3.66. The molecule has 2 aromatic rings. The van der Waals surface area contributed by atoms with E-state index in [0.717, 1.165) is 6.42 Å². The van der Waals surface area contributed by atoms with Gasteiger partial charge in [-0.1, -0.05) is 48.5 Å². The van der Waals surface area contributed by atoms with Gasteiger partial charge in [0.25, 0.3) is 0 Å². The van der Waals surface area contributed by atoms with Crippen LogP contribution in [0.1, 0.15) is 71.0 Å². The van der Waals surface area contributed by atoms with Crippen LogP contribution < -0.4 is 0 Å². The molecule has 0 bridgehead atoms. The lowest BCUT2D eigenvalue weighted by atomic mass is 9.92. The van der Waals surface area contributed by atoms with Crippen molar-refractivity contribution in [1.82, 2.24) is 9.97 Å². The quantitative estimate of drug-likeness (QED) is 0.733. The van der Waals surface area contributed by atoms with Gasteiger partial charge in [0.05, 0.1) is 11.4 Å². The zero-order chi connectivity index (χ0) is 16.0. The highest BCUT2D eigenvalue weighted by Gasteiger charge is 2.22. The van der Waals surface area contributed by atoms with Gasteiger partial charge < -0.3 is 9.97 Å². The van der Waals surface area contributed by atoms with Gasteiger partial charge in [0.15, 0.2) is 0 Å². The van der Waals surface area contributed by atoms with Gasteiger partial charge in [-0.2, -0.15) is 0 Å². The average molecular weight is 286 g/mol. The lowest BCUT2D eigenvalue weighted by Crippen LogP contribution is -2.11.